The van der Waals surface area contributed by atoms with Crippen LogP contribution in [0.15, 0.2) is 24.3 Å². The standard InChI is InChI=1S/C26H44N2OS/c1-4-5-6-7-8-9-10-11-12-13-14-15-16-21-26(29)28-25-20-18-17-19-24(25)22-27(30-28)23(2)3/h17-20,23H,4-16,21-22H2,1-3H3. The Hall–Kier alpha value is -1.00. The summed E-state index contributed by atoms with van der Waals surface area (Å²) in [6.07, 6.45) is 18.0. The Morgan fingerprint density at radius 1 is 0.867 bits per heavy atom. The lowest BCUT2D eigenvalue weighted by molar-refractivity contribution is -0.117. The van der Waals surface area contributed by atoms with Crippen molar-refractivity contribution in [2.75, 3.05) is 4.31 Å². The van der Waals surface area contributed by atoms with Gasteiger partial charge in [-0.15, -0.1) is 0 Å². The van der Waals surface area contributed by atoms with E-state index in [1.807, 2.05) is 10.4 Å². The fourth-order valence-corrected chi connectivity index (χ4v) is 5.08. The van der Waals surface area contributed by atoms with Gasteiger partial charge >= 0.3 is 0 Å². The van der Waals surface area contributed by atoms with Crippen LogP contribution in [0, 0.1) is 0 Å². The molecular formula is C26H44N2OS. The number of hydrogen-bond donors (Lipinski definition) is 0. The Morgan fingerprint density at radius 3 is 1.97 bits per heavy atom. The Labute approximate surface area is 190 Å². The average Bonchev–Trinajstić information content (AvgIpc) is 2.76. The Kier molecular flexibility index (Phi) is 12.6. The molecule has 170 valence electrons. The molecule has 3 nitrogen and oxygen atoms in total. The van der Waals surface area contributed by atoms with E-state index < -0.39 is 0 Å². The molecule has 0 spiro atoms. The first-order valence-corrected chi connectivity index (χ1v) is 13.2. The van der Waals surface area contributed by atoms with Crippen molar-refractivity contribution in [3.8, 4) is 0 Å². The summed E-state index contributed by atoms with van der Waals surface area (Å²) in [7, 11) is 0. The summed E-state index contributed by atoms with van der Waals surface area (Å²) in [5.41, 5.74) is 2.34. The monoisotopic (exact) mass is 432 g/mol. The molecule has 0 unspecified atom stereocenters. The number of benzene rings is 1. The van der Waals surface area contributed by atoms with Crippen molar-refractivity contribution in [1.82, 2.24) is 4.31 Å². The number of carbonyl (C=O) groups excluding carboxylic acids is 1. The second-order valence-electron chi connectivity index (χ2n) is 9.06. The zero-order chi connectivity index (χ0) is 21.6. The third kappa shape index (κ3) is 9.01. The molecule has 1 aliphatic rings. The summed E-state index contributed by atoms with van der Waals surface area (Å²) in [4.78, 5) is 12.9. The number of carbonyl (C=O) groups is 1. The first-order valence-electron chi connectivity index (χ1n) is 12.5. The molecule has 2 rings (SSSR count). The van der Waals surface area contributed by atoms with E-state index in [0.717, 1.165) is 18.7 Å². The maximum Gasteiger partial charge on any atom is 0.238 e. The largest absolute Gasteiger partial charge is 0.274 e. The van der Waals surface area contributed by atoms with Crippen LogP contribution in [0.4, 0.5) is 5.69 Å². The fourth-order valence-electron chi connectivity index (χ4n) is 4.04. The highest BCUT2D eigenvalue weighted by atomic mass is 32.2. The summed E-state index contributed by atoms with van der Waals surface area (Å²) in [6, 6.07) is 8.76. The van der Waals surface area contributed by atoms with Crippen molar-refractivity contribution in [2.45, 2.75) is 123 Å². The van der Waals surface area contributed by atoms with Gasteiger partial charge < -0.3 is 0 Å². The number of hydrogen-bond acceptors (Lipinski definition) is 3. The molecule has 0 atom stereocenters. The highest BCUT2D eigenvalue weighted by Gasteiger charge is 2.29. The van der Waals surface area contributed by atoms with Crippen LogP contribution >= 0.6 is 12.1 Å². The maximum atomic E-state index is 12.9. The van der Waals surface area contributed by atoms with E-state index in [1.165, 1.54) is 82.6 Å². The number of rotatable bonds is 15. The molecule has 30 heavy (non-hydrogen) atoms. The molecule has 0 bridgehead atoms. The lowest BCUT2D eigenvalue weighted by atomic mass is 10.0. The number of para-hydroxylation sites is 1. The molecule has 1 amide bonds. The van der Waals surface area contributed by atoms with Gasteiger partial charge in [-0.05, 0) is 31.9 Å². The number of anilines is 1. The number of amides is 1. The summed E-state index contributed by atoms with van der Waals surface area (Å²) in [5.74, 6) is 0.251. The van der Waals surface area contributed by atoms with E-state index in [4.69, 9.17) is 0 Å². The quantitative estimate of drug-likeness (QED) is 0.206. The Balaban J connectivity index is 1.57. The van der Waals surface area contributed by atoms with Crippen molar-refractivity contribution >= 4 is 23.7 Å². The topological polar surface area (TPSA) is 23.6 Å². The molecule has 4 heteroatoms. The second kappa shape index (κ2) is 14.9. The summed E-state index contributed by atoms with van der Waals surface area (Å²) in [5, 5.41) is 0. The van der Waals surface area contributed by atoms with E-state index in [1.54, 1.807) is 12.1 Å². The molecule has 1 aromatic rings. The molecule has 1 aliphatic heterocycles. The van der Waals surface area contributed by atoms with Crippen LogP contribution in [-0.2, 0) is 11.3 Å². The SMILES string of the molecule is CCCCCCCCCCCCCCCC(=O)N1SN(C(C)C)Cc2ccccc21. The number of fused-ring (bicyclic) bond motifs is 1. The minimum Gasteiger partial charge on any atom is -0.274 e. The minimum absolute atomic E-state index is 0.251. The Bertz CT molecular complexity index is 604. The van der Waals surface area contributed by atoms with Crippen LogP contribution in [0.1, 0.15) is 116 Å². The van der Waals surface area contributed by atoms with E-state index in [0.29, 0.717) is 12.5 Å². The summed E-state index contributed by atoms with van der Waals surface area (Å²) >= 11 is 1.59. The highest BCUT2D eigenvalue weighted by molar-refractivity contribution is 7.99. The van der Waals surface area contributed by atoms with Crippen molar-refractivity contribution in [2.24, 2.45) is 0 Å². The van der Waals surface area contributed by atoms with E-state index in [-0.39, 0.29) is 5.91 Å². The molecule has 0 aromatic heterocycles. The van der Waals surface area contributed by atoms with Crippen molar-refractivity contribution in [3.05, 3.63) is 29.8 Å². The average molecular weight is 433 g/mol. The van der Waals surface area contributed by atoms with Gasteiger partial charge in [0, 0.05) is 31.1 Å². The first-order chi connectivity index (χ1) is 14.6. The van der Waals surface area contributed by atoms with Gasteiger partial charge in [0.1, 0.15) is 0 Å². The molecule has 1 aromatic carbocycles. The number of unbranched alkanes of at least 4 members (excludes halogenated alkanes) is 12. The molecule has 0 N–H and O–H groups in total. The van der Waals surface area contributed by atoms with Crippen LogP contribution in [0.3, 0.4) is 0 Å². The molecule has 0 saturated heterocycles. The third-order valence-corrected chi connectivity index (χ3v) is 7.34. The molecule has 0 saturated carbocycles. The zero-order valence-electron chi connectivity index (χ0n) is 19.7. The first kappa shape index (κ1) is 25.3. The van der Waals surface area contributed by atoms with Crippen LogP contribution in [0.25, 0.3) is 0 Å². The normalized spacial score (nSPS) is 14.3. The van der Waals surface area contributed by atoms with Crippen molar-refractivity contribution < 1.29 is 4.79 Å². The van der Waals surface area contributed by atoms with E-state index >= 15 is 0 Å². The van der Waals surface area contributed by atoms with Gasteiger partial charge in [0.05, 0.1) is 5.69 Å². The number of nitrogens with zero attached hydrogens (tertiary/aromatic N) is 2. The zero-order valence-corrected chi connectivity index (χ0v) is 20.5. The molecule has 0 radical (unpaired) electrons. The lowest BCUT2D eigenvalue weighted by Gasteiger charge is -2.37. The lowest BCUT2D eigenvalue weighted by Crippen LogP contribution is -2.37. The van der Waals surface area contributed by atoms with Gasteiger partial charge in [-0.3, -0.25) is 4.79 Å². The molecular weight excluding hydrogens is 388 g/mol. The Morgan fingerprint density at radius 2 is 1.40 bits per heavy atom. The van der Waals surface area contributed by atoms with Crippen LogP contribution < -0.4 is 4.31 Å². The molecule has 0 fully saturated rings. The van der Waals surface area contributed by atoms with Crippen molar-refractivity contribution in [1.29, 1.82) is 0 Å². The summed E-state index contributed by atoms with van der Waals surface area (Å²) < 4.78 is 4.23. The van der Waals surface area contributed by atoms with Gasteiger partial charge in [-0.1, -0.05) is 102 Å². The van der Waals surface area contributed by atoms with Crippen LogP contribution in [0.5, 0.6) is 0 Å². The van der Waals surface area contributed by atoms with E-state index in [2.05, 4.69) is 43.3 Å². The maximum absolute atomic E-state index is 12.9. The van der Waals surface area contributed by atoms with Gasteiger partial charge in [0.25, 0.3) is 0 Å². The molecule has 1 heterocycles. The van der Waals surface area contributed by atoms with Gasteiger partial charge in [-0.2, -0.15) is 0 Å². The molecule has 0 aliphatic carbocycles. The van der Waals surface area contributed by atoms with Gasteiger partial charge in [0.15, 0.2) is 0 Å². The van der Waals surface area contributed by atoms with Crippen molar-refractivity contribution in [3.63, 3.8) is 0 Å². The third-order valence-electron chi connectivity index (χ3n) is 6.02. The van der Waals surface area contributed by atoms with Crippen LogP contribution in [-0.4, -0.2) is 16.3 Å². The predicted octanol–water partition coefficient (Wildman–Crippen LogP) is 8.29. The van der Waals surface area contributed by atoms with Gasteiger partial charge in [-0.25, -0.2) is 8.61 Å². The van der Waals surface area contributed by atoms with E-state index in [9.17, 15) is 4.79 Å². The van der Waals surface area contributed by atoms with Gasteiger partial charge in [0.2, 0.25) is 5.91 Å². The smallest absolute Gasteiger partial charge is 0.238 e. The van der Waals surface area contributed by atoms with Crippen LogP contribution in [0.2, 0.25) is 0 Å². The summed E-state index contributed by atoms with van der Waals surface area (Å²) in [6.45, 7) is 7.56. The fraction of sp³-hybridized carbons (Fsp3) is 0.731. The predicted molar refractivity (Wildman–Crippen MR) is 133 cm³/mol. The highest BCUT2D eigenvalue weighted by Crippen LogP contribution is 2.37. The second-order valence-corrected chi connectivity index (χ2v) is 10.1. The minimum atomic E-state index is 0.251.